The Morgan fingerprint density at radius 2 is 1.24 bits per heavy atom. The van der Waals surface area contributed by atoms with Crippen molar-refractivity contribution in [1.29, 1.82) is 0 Å². The number of nitrogens with zero attached hydrogens (tertiary/aromatic N) is 4. The number of nitrogens with two attached hydrogens (primary N) is 1. The van der Waals surface area contributed by atoms with Crippen molar-refractivity contribution in [1.82, 2.24) is 9.97 Å². The molecular weight excluding hydrogens is 314 g/mol. The Hall–Kier alpha value is -2.18. The summed E-state index contributed by atoms with van der Waals surface area (Å²) in [5.74, 6) is 2.49. The molecular formula is C18H29N7. The van der Waals surface area contributed by atoms with E-state index in [9.17, 15) is 0 Å². The maximum absolute atomic E-state index is 5.78. The Labute approximate surface area is 149 Å². The lowest BCUT2D eigenvalue weighted by atomic mass is 9.90. The number of nitrogens with one attached hydrogen (secondary N) is 2. The standard InChI is InChI=1S/C18H29N7/c19-18-22-16(24-20-12-14-7-3-1-4-8-14)11-17(23-18)25-21-13-15-9-5-2-6-10-15/h11-15H,1-10H2,(H4,19,22,23,24,25)/b20-12+,21-13+. The van der Waals surface area contributed by atoms with Crippen molar-refractivity contribution in [3.05, 3.63) is 6.07 Å². The smallest absolute Gasteiger partial charge is 0.224 e. The van der Waals surface area contributed by atoms with E-state index in [1.807, 2.05) is 12.4 Å². The van der Waals surface area contributed by atoms with E-state index >= 15 is 0 Å². The van der Waals surface area contributed by atoms with Crippen molar-refractivity contribution in [2.45, 2.75) is 64.2 Å². The van der Waals surface area contributed by atoms with E-state index < -0.39 is 0 Å². The lowest BCUT2D eigenvalue weighted by Crippen LogP contribution is -2.09. The van der Waals surface area contributed by atoms with Crippen LogP contribution in [0.4, 0.5) is 17.6 Å². The van der Waals surface area contributed by atoms with Gasteiger partial charge in [-0.3, -0.25) is 10.9 Å². The number of hydrogen-bond acceptors (Lipinski definition) is 7. The third kappa shape index (κ3) is 5.99. The van der Waals surface area contributed by atoms with Gasteiger partial charge in [0.1, 0.15) is 0 Å². The first-order chi connectivity index (χ1) is 12.3. The fraction of sp³-hybridized carbons (Fsp3) is 0.667. The summed E-state index contributed by atoms with van der Waals surface area (Å²) in [4.78, 5) is 8.33. The van der Waals surface area contributed by atoms with Gasteiger partial charge in [-0.1, -0.05) is 38.5 Å². The van der Waals surface area contributed by atoms with Gasteiger partial charge in [0, 0.05) is 18.5 Å². The second kappa shape index (κ2) is 9.34. The molecule has 0 atom stereocenters. The van der Waals surface area contributed by atoms with Gasteiger partial charge in [0.25, 0.3) is 0 Å². The summed E-state index contributed by atoms with van der Waals surface area (Å²) >= 11 is 0. The molecule has 3 rings (SSSR count). The van der Waals surface area contributed by atoms with Gasteiger partial charge in [0.2, 0.25) is 5.95 Å². The van der Waals surface area contributed by atoms with E-state index in [2.05, 4.69) is 31.0 Å². The zero-order valence-corrected chi connectivity index (χ0v) is 14.8. The molecule has 0 aromatic carbocycles. The summed E-state index contributed by atoms with van der Waals surface area (Å²) in [6, 6.07) is 1.77. The van der Waals surface area contributed by atoms with Crippen molar-refractivity contribution in [2.24, 2.45) is 22.0 Å². The lowest BCUT2D eigenvalue weighted by Gasteiger charge is -2.17. The third-order valence-corrected chi connectivity index (χ3v) is 4.97. The van der Waals surface area contributed by atoms with Gasteiger partial charge >= 0.3 is 0 Å². The summed E-state index contributed by atoms with van der Waals surface area (Å²) in [5, 5.41) is 8.63. The molecule has 0 radical (unpaired) electrons. The molecule has 136 valence electrons. The molecule has 0 aliphatic heterocycles. The minimum absolute atomic E-state index is 0.202. The molecule has 4 N–H and O–H groups in total. The van der Waals surface area contributed by atoms with Gasteiger partial charge in [-0.05, 0) is 37.5 Å². The molecule has 0 unspecified atom stereocenters. The van der Waals surface area contributed by atoms with E-state index in [1.165, 1.54) is 64.2 Å². The van der Waals surface area contributed by atoms with E-state index in [4.69, 9.17) is 5.73 Å². The highest BCUT2D eigenvalue weighted by molar-refractivity contribution is 5.64. The summed E-state index contributed by atoms with van der Waals surface area (Å²) in [6.07, 6.45) is 16.7. The minimum Gasteiger partial charge on any atom is -0.368 e. The maximum Gasteiger partial charge on any atom is 0.224 e. The van der Waals surface area contributed by atoms with Crippen LogP contribution >= 0.6 is 0 Å². The molecule has 0 spiro atoms. The monoisotopic (exact) mass is 343 g/mol. The van der Waals surface area contributed by atoms with Crippen LogP contribution in [0.15, 0.2) is 16.3 Å². The molecule has 1 aromatic heterocycles. The SMILES string of the molecule is Nc1nc(N/N=C/C2CCCCC2)cc(N/N=C/C2CCCCC2)n1. The van der Waals surface area contributed by atoms with E-state index in [0.29, 0.717) is 23.5 Å². The topological polar surface area (TPSA) is 101 Å². The highest BCUT2D eigenvalue weighted by Gasteiger charge is 2.11. The number of rotatable bonds is 6. The Balaban J connectivity index is 1.52. The van der Waals surface area contributed by atoms with Crippen LogP contribution in [0.25, 0.3) is 0 Å². The van der Waals surface area contributed by atoms with E-state index in [1.54, 1.807) is 6.07 Å². The zero-order chi connectivity index (χ0) is 17.3. The number of aromatic nitrogens is 2. The van der Waals surface area contributed by atoms with Gasteiger partial charge in [-0.15, -0.1) is 0 Å². The first-order valence-corrected chi connectivity index (χ1v) is 9.52. The second-order valence-electron chi connectivity index (χ2n) is 7.07. The Morgan fingerprint density at radius 1 is 0.800 bits per heavy atom. The summed E-state index contributed by atoms with van der Waals surface area (Å²) in [7, 11) is 0. The summed E-state index contributed by atoms with van der Waals surface area (Å²) < 4.78 is 0. The number of anilines is 3. The average molecular weight is 343 g/mol. The fourth-order valence-electron chi connectivity index (χ4n) is 3.56. The highest BCUT2D eigenvalue weighted by atomic mass is 15.3. The van der Waals surface area contributed by atoms with Crippen LogP contribution in [-0.4, -0.2) is 22.4 Å². The molecule has 1 aromatic rings. The second-order valence-corrected chi connectivity index (χ2v) is 7.07. The Bertz CT molecular complexity index is 539. The van der Waals surface area contributed by atoms with E-state index in [0.717, 1.165) is 0 Å². The first-order valence-electron chi connectivity index (χ1n) is 9.52. The quantitative estimate of drug-likeness (QED) is 0.535. The van der Waals surface area contributed by atoms with Crippen LogP contribution in [0.1, 0.15) is 64.2 Å². The Kier molecular flexibility index (Phi) is 6.59. The van der Waals surface area contributed by atoms with Crippen LogP contribution in [0.3, 0.4) is 0 Å². The lowest BCUT2D eigenvalue weighted by molar-refractivity contribution is 0.445. The van der Waals surface area contributed by atoms with Gasteiger partial charge in [-0.25, -0.2) is 0 Å². The molecule has 2 aliphatic carbocycles. The fourth-order valence-corrected chi connectivity index (χ4v) is 3.56. The zero-order valence-electron chi connectivity index (χ0n) is 14.8. The molecule has 2 saturated carbocycles. The molecule has 1 heterocycles. The van der Waals surface area contributed by atoms with Gasteiger partial charge in [-0.2, -0.15) is 20.2 Å². The number of hydrogen-bond donors (Lipinski definition) is 3. The largest absolute Gasteiger partial charge is 0.368 e. The molecule has 0 bridgehead atoms. The van der Waals surface area contributed by atoms with Crippen LogP contribution in [0, 0.1) is 11.8 Å². The first kappa shape index (κ1) is 17.6. The molecule has 2 aliphatic rings. The van der Waals surface area contributed by atoms with Crippen LogP contribution in [0.2, 0.25) is 0 Å². The molecule has 25 heavy (non-hydrogen) atoms. The van der Waals surface area contributed by atoms with Crippen LogP contribution < -0.4 is 16.6 Å². The van der Waals surface area contributed by atoms with Crippen LogP contribution in [-0.2, 0) is 0 Å². The molecule has 2 fully saturated rings. The van der Waals surface area contributed by atoms with Gasteiger partial charge in [0.15, 0.2) is 11.6 Å². The van der Waals surface area contributed by atoms with E-state index in [-0.39, 0.29) is 5.95 Å². The van der Waals surface area contributed by atoms with Crippen molar-refractivity contribution in [2.75, 3.05) is 16.6 Å². The van der Waals surface area contributed by atoms with Crippen molar-refractivity contribution in [3.8, 4) is 0 Å². The summed E-state index contributed by atoms with van der Waals surface area (Å²) in [5.41, 5.74) is 11.7. The minimum atomic E-state index is 0.202. The van der Waals surface area contributed by atoms with Crippen molar-refractivity contribution in [3.63, 3.8) is 0 Å². The molecule has 0 saturated heterocycles. The third-order valence-electron chi connectivity index (χ3n) is 4.97. The average Bonchev–Trinajstić information content (AvgIpc) is 2.63. The molecule has 0 amide bonds. The van der Waals surface area contributed by atoms with Gasteiger partial charge < -0.3 is 5.73 Å². The predicted molar refractivity (Wildman–Crippen MR) is 104 cm³/mol. The van der Waals surface area contributed by atoms with Crippen molar-refractivity contribution >= 4 is 30.0 Å². The highest BCUT2D eigenvalue weighted by Crippen LogP contribution is 2.23. The van der Waals surface area contributed by atoms with Crippen molar-refractivity contribution < 1.29 is 0 Å². The molecule has 7 heteroatoms. The van der Waals surface area contributed by atoms with Crippen LogP contribution in [0.5, 0.6) is 0 Å². The predicted octanol–water partition coefficient (Wildman–Crippen LogP) is 4.01. The number of nitrogen functional groups attached to an aromatic ring is 1. The normalized spacial score (nSPS) is 20.3. The maximum atomic E-state index is 5.78. The number of hydrazone groups is 2. The Morgan fingerprint density at radius 3 is 1.68 bits per heavy atom. The van der Waals surface area contributed by atoms with Gasteiger partial charge in [0.05, 0.1) is 0 Å². The summed E-state index contributed by atoms with van der Waals surface area (Å²) in [6.45, 7) is 0. The molecule has 7 nitrogen and oxygen atoms in total.